The topological polar surface area (TPSA) is 71.0 Å². The molecule has 1 atom stereocenters. The van der Waals surface area contributed by atoms with Gasteiger partial charge in [0.2, 0.25) is 0 Å². The number of halogens is 1. The first-order chi connectivity index (χ1) is 16.1. The van der Waals surface area contributed by atoms with Crippen molar-refractivity contribution < 1.29 is 9.18 Å². The molecule has 1 aliphatic rings. The smallest absolute Gasteiger partial charge is 0.262 e. The quantitative estimate of drug-likeness (QED) is 0.423. The van der Waals surface area contributed by atoms with Crippen LogP contribution in [0.1, 0.15) is 40.7 Å². The van der Waals surface area contributed by atoms with Crippen LogP contribution in [0.25, 0.3) is 20.7 Å². The standard InChI is InChI=1S/C24H24FN5OS2/c1-3-15-13-32-20-8-10-27-22(21(15)20)30(17-5-4-9-26-12-17)24(31)18-7-6-16(11-19(18)25)23-29-28-14(2)33-23/h6-8,10-11,13,17,26H,3-5,9,12H2,1-2H3/t17-/m1/s1. The van der Waals surface area contributed by atoms with E-state index in [4.69, 9.17) is 0 Å². The van der Waals surface area contributed by atoms with Gasteiger partial charge in [0.1, 0.15) is 21.7 Å². The molecule has 0 spiro atoms. The summed E-state index contributed by atoms with van der Waals surface area (Å²) >= 11 is 3.04. The number of amides is 1. The van der Waals surface area contributed by atoms with E-state index in [1.807, 2.05) is 13.0 Å². The summed E-state index contributed by atoms with van der Waals surface area (Å²) in [5.74, 6) is -0.311. The van der Waals surface area contributed by atoms with Crippen LogP contribution < -0.4 is 10.2 Å². The number of rotatable bonds is 5. The first-order valence-corrected chi connectivity index (χ1v) is 12.8. The summed E-state index contributed by atoms with van der Waals surface area (Å²) in [4.78, 5) is 20.2. The highest BCUT2D eigenvalue weighted by molar-refractivity contribution is 7.17. The van der Waals surface area contributed by atoms with Gasteiger partial charge in [-0.25, -0.2) is 9.37 Å². The van der Waals surface area contributed by atoms with Crippen LogP contribution in [0.4, 0.5) is 10.2 Å². The SMILES string of the molecule is CCc1csc2ccnc(N(C(=O)c3ccc(-c4nnc(C)s4)cc3F)[C@@H]3CCCNC3)c12. The van der Waals surface area contributed by atoms with Crippen molar-refractivity contribution in [2.24, 2.45) is 0 Å². The van der Waals surface area contributed by atoms with E-state index in [9.17, 15) is 4.79 Å². The molecule has 1 N–H and O–H groups in total. The van der Waals surface area contributed by atoms with Gasteiger partial charge in [0.05, 0.1) is 11.6 Å². The summed E-state index contributed by atoms with van der Waals surface area (Å²) < 4.78 is 16.4. The van der Waals surface area contributed by atoms with Crippen molar-refractivity contribution in [3.05, 3.63) is 57.8 Å². The molecule has 0 aliphatic carbocycles. The van der Waals surface area contributed by atoms with E-state index in [2.05, 4.69) is 32.8 Å². The molecule has 6 nitrogen and oxygen atoms in total. The van der Waals surface area contributed by atoms with Crippen LogP contribution in [-0.4, -0.2) is 40.2 Å². The number of carbonyl (C=O) groups is 1. The molecule has 33 heavy (non-hydrogen) atoms. The number of aromatic nitrogens is 3. The maximum absolute atomic E-state index is 15.3. The first-order valence-electron chi connectivity index (χ1n) is 11.1. The molecule has 1 amide bonds. The second-order valence-corrected chi connectivity index (χ2v) is 10.2. The molecule has 4 heterocycles. The fraction of sp³-hybridized carbons (Fsp3) is 0.333. The summed E-state index contributed by atoms with van der Waals surface area (Å²) in [6, 6.07) is 6.55. The number of piperidine rings is 1. The van der Waals surface area contributed by atoms with Gasteiger partial charge < -0.3 is 5.32 Å². The van der Waals surface area contributed by atoms with Gasteiger partial charge in [0.15, 0.2) is 0 Å². The zero-order valence-electron chi connectivity index (χ0n) is 18.5. The molecule has 1 aliphatic heterocycles. The number of nitrogens with zero attached hydrogens (tertiary/aromatic N) is 4. The lowest BCUT2D eigenvalue weighted by atomic mass is 10.0. The van der Waals surface area contributed by atoms with Gasteiger partial charge in [0, 0.05) is 28.4 Å². The van der Waals surface area contributed by atoms with Crippen LogP contribution in [0, 0.1) is 12.7 Å². The van der Waals surface area contributed by atoms with Crippen LogP contribution in [0.2, 0.25) is 0 Å². The van der Waals surface area contributed by atoms with Crippen LogP contribution in [0.3, 0.4) is 0 Å². The normalized spacial score (nSPS) is 16.3. The number of carbonyl (C=O) groups excluding carboxylic acids is 1. The second kappa shape index (κ2) is 9.24. The summed E-state index contributed by atoms with van der Waals surface area (Å²) in [6.45, 7) is 5.52. The van der Waals surface area contributed by atoms with Gasteiger partial charge in [0.25, 0.3) is 5.91 Å². The van der Waals surface area contributed by atoms with Gasteiger partial charge in [-0.05, 0) is 61.9 Å². The molecule has 0 radical (unpaired) electrons. The molecule has 1 fully saturated rings. The Hall–Kier alpha value is -2.75. The molecule has 1 aromatic carbocycles. The summed E-state index contributed by atoms with van der Waals surface area (Å²) in [6.07, 6.45) is 4.37. The van der Waals surface area contributed by atoms with Crippen molar-refractivity contribution in [3.8, 4) is 10.6 Å². The predicted molar refractivity (Wildman–Crippen MR) is 132 cm³/mol. The number of hydrogen-bond acceptors (Lipinski definition) is 7. The van der Waals surface area contributed by atoms with Gasteiger partial charge in [-0.3, -0.25) is 9.69 Å². The zero-order valence-corrected chi connectivity index (χ0v) is 20.1. The fourth-order valence-corrected chi connectivity index (χ4v) is 6.04. The average Bonchev–Trinajstić information content (AvgIpc) is 3.46. The minimum Gasteiger partial charge on any atom is -0.315 e. The van der Waals surface area contributed by atoms with Crippen LogP contribution in [0.15, 0.2) is 35.8 Å². The lowest BCUT2D eigenvalue weighted by Gasteiger charge is -2.34. The summed E-state index contributed by atoms with van der Waals surface area (Å²) in [5, 5.41) is 16.0. The van der Waals surface area contributed by atoms with E-state index in [1.165, 1.54) is 17.4 Å². The maximum Gasteiger partial charge on any atom is 0.262 e. The fourth-order valence-electron chi connectivity index (χ4n) is 4.32. The highest BCUT2D eigenvalue weighted by atomic mass is 32.1. The van der Waals surface area contributed by atoms with Crippen molar-refractivity contribution in [2.75, 3.05) is 18.0 Å². The largest absolute Gasteiger partial charge is 0.315 e. The van der Waals surface area contributed by atoms with E-state index in [0.29, 0.717) is 22.9 Å². The molecule has 5 rings (SSSR count). The highest BCUT2D eigenvalue weighted by Gasteiger charge is 2.32. The zero-order chi connectivity index (χ0) is 22.9. The number of aryl methyl sites for hydroxylation is 2. The third-order valence-corrected chi connectivity index (χ3v) is 7.86. The number of benzene rings is 1. The Morgan fingerprint density at radius 2 is 2.18 bits per heavy atom. The molecule has 170 valence electrons. The molecule has 9 heteroatoms. The minimum absolute atomic E-state index is 0.0395. The van der Waals surface area contributed by atoms with Gasteiger partial charge in [-0.1, -0.05) is 24.3 Å². The molecule has 4 aromatic rings. The minimum atomic E-state index is -0.563. The van der Waals surface area contributed by atoms with E-state index < -0.39 is 5.82 Å². The molecular weight excluding hydrogens is 457 g/mol. The molecule has 1 saturated heterocycles. The number of nitrogens with one attached hydrogen (secondary N) is 1. The maximum atomic E-state index is 15.3. The Morgan fingerprint density at radius 1 is 1.30 bits per heavy atom. The highest BCUT2D eigenvalue weighted by Crippen LogP contribution is 2.36. The van der Waals surface area contributed by atoms with E-state index in [0.717, 1.165) is 46.5 Å². The van der Waals surface area contributed by atoms with Crippen molar-refractivity contribution in [1.29, 1.82) is 0 Å². The Balaban J connectivity index is 1.59. The predicted octanol–water partition coefficient (Wildman–Crippen LogP) is 5.22. The van der Waals surface area contributed by atoms with Crippen molar-refractivity contribution in [3.63, 3.8) is 0 Å². The Morgan fingerprint density at radius 3 is 2.88 bits per heavy atom. The summed E-state index contributed by atoms with van der Waals surface area (Å²) in [5.41, 5.74) is 1.81. The van der Waals surface area contributed by atoms with Crippen molar-refractivity contribution in [1.82, 2.24) is 20.5 Å². The number of anilines is 1. The van der Waals surface area contributed by atoms with E-state index in [1.54, 1.807) is 34.6 Å². The Kier molecular flexibility index (Phi) is 6.18. The molecule has 3 aromatic heterocycles. The lowest BCUT2D eigenvalue weighted by Crippen LogP contribution is -2.49. The van der Waals surface area contributed by atoms with Crippen molar-refractivity contribution in [2.45, 2.75) is 39.2 Å². The van der Waals surface area contributed by atoms with Crippen molar-refractivity contribution >= 4 is 44.5 Å². The monoisotopic (exact) mass is 481 g/mol. The molecular formula is C24H24FN5OS2. The summed E-state index contributed by atoms with van der Waals surface area (Å²) in [7, 11) is 0. The van der Waals surface area contributed by atoms with Crippen LogP contribution in [0.5, 0.6) is 0 Å². The Bertz CT molecular complexity index is 1310. The van der Waals surface area contributed by atoms with Crippen LogP contribution in [-0.2, 0) is 6.42 Å². The number of hydrogen-bond donors (Lipinski definition) is 1. The molecule has 0 bridgehead atoms. The lowest BCUT2D eigenvalue weighted by molar-refractivity contribution is 0.0968. The number of thiophene rings is 1. The number of fused-ring (bicyclic) bond motifs is 1. The molecule has 0 unspecified atom stereocenters. The van der Waals surface area contributed by atoms with Gasteiger partial charge in [-0.2, -0.15) is 0 Å². The third kappa shape index (κ3) is 4.16. The number of pyridine rings is 1. The van der Waals surface area contributed by atoms with E-state index >= 15 is 4.39 Å². The van der Waals surface area contributed by atoms with Gasteiger partial charge in [-0.15, -0.1) is 21.5 Å². The second-order valence-electron chi connectivity index (χ2n) is 8.12. The van der Waals surface area contributed by atoms with Crippen LogP contribution >= 0.6 is 22.7 Å². The average molecular weight is 482 g/mol. The Labute approximate surface area is 199 Å². The van der Waals surface area contributed by atoms with E-state index in [-0.39, 0.29) is 17.5 Å². The first kappa shape index (κ1) is 22.1. The molecule has 0 saturated carbocycles. The van der Waals surface area contributed by atoms with Gasteiger partial charge >= 0.3 is 0 Å². The third-order valence-electron chi connectivity index (χ3n) is 5.98.